The van der Waals surface area contributed by atoms with Crippen molar-refractivity contribution in [3.05, 3.63) is 84.4 Å². The summed E-state index contributed by atoms with van der Waals surface area (Å²) in [7, 11) is -3.36. The molecule has 0 heterocycles. The minimum atomic E-state index is -3.36. The highest BCUT2D eigenvalue weighted by atomic mass is 32.2. The Morgan fingerprint density at radius 2 is 1.54 bits per heavy atom. The van der Waals surface area contributed by atoms with E-state index in [4.69, 9.17) is 4.74 Å². The molecule has 2 N–H and O–H groups in total. The summed E-state index contributed by atoms with van der Waals surface area (Å²) >= 11 is 0. The number of nitrogens with one attached hydrogen (secondary N) is 2. The van der Waals surface area contributed by atoms with Gasteiger partial charge in [0.15, 0.2) is 5.75 Å². The molecule has 0 saturated carbocycles. The van der Waals surface area contributed by atoms with E-state index in [2.05, 4.69) is 10.0 Å². The quantitative estimate of drug-likeness (QED) is 0.616. The van der Waals surface area contributed by atoms with E-state index in [1.165, 1.54) is 0 Å². The lowest BCUT2D eigenvalue weighted by atomic mass is 10.2. The third-order valence-electron chi connectivity index (χ3n) is 3.91. The van der Waals surface area contributed by atoms with E-state index < -0.39 is 10.0 Å². The van der Waals surface area contributed by atoms with E-state index in [1.807, 2.05) is 36.4 Å². The second kappa shape index (κ2) is 8.58. The van der Waals surface area contributed by atoms with Crippen LogP contribution in [0.15, 0.2) is 78.9 Å². The number of anilines is 2. The molecule has 144 valence electrons. The fourth-order valence-electron chi connectivity index (χ4n) is 2.41. The number of para-hydroxylation sites is 3. The van der Waals surface area contributed by atoms with E-state index in [1.54, 1.807) is 49.4 Å². The molecular weight excluding hydrogens is 376 g/mol. The zero-order valence-corrected chi connectivity index (χ0v) is 16.1. The highest BCUT2D eigenvalue weighted by molar-refractivity contribution is 7.92. The van der Waals surface area contributed by atoms with Crippen molar-refractivity contribution < 1.29 is 17.9 Å². The maximum atomic E-state index is 12.6. The lowest BCUT2D eigenvalue weighted by Crippen LogP contribution is -2.15. The van der Waals surface area contributed by atoms with Crippen molar-refractivity contribution in [1.29, 1.82) is 0 Å². The van der Waals surface area contributed by atoms with Gasteiger partial charge in [-0.3, -0.25) is 9.52 Å². The fraction of sp³-hybridized carbons (Fsp3) is 0.0952. The SMILES string of the molecule is CCS(=O)(=O)Nc1ccc(C(=O)Nc2ccccc2Oc2ccccc2)cc1. The Labute approximate surface area is 164 Å². The van der Waals surface area contributed by atoms with E-state index in [-0.39, 0.29) is 11.7 Å². The molecule has 6 nitrogen and oxygen atoms in total. The van der Waals surface area contributed by atoms with Crippen molar-refractivity contribution in [2.45, 2.75) is 6.92 Å². The first kappa shape index (κ1) is 19.4. The second-order valence-electron chi connectivity index (χ2n) is 5.95. The van der Waals surface area contributed by atoms with Crippen LogP contribution < -0.4 is 14.8 Å². The molecule has 0 spiro atoms. The molecule has 0 unspecified atom stereocenters. The lowest BCUT2D eigenvalue weighted by Gasteiger charge is -2.12. The highest BCUT2D eigenvalue weighted by Crippen LogP contribution is 2.29. The molecule has 0 aliphatic heterocycles. The van der Waals surface area contributed by atoms with E-state index in [0.717, 1.165) is 0 Å². The number of hydrogen-bond acceptors (Lipinski definition) is 4. The van der Waals surface area contributed by atoms with Gasteiger partial charge >= 0.3 is 0 Å². The number of rotatable bonds is 7. The second-order valence-corrected chi connectivity index (χ2v) is 7.96. The number of amides is 1. The van der Waals surface area contributed by atoms with Gasteiger partial charge in [-0.1, -0.05) is 30.3 Å². The summed E-state index contributed by atoms with van der Waals surface area (Å²) in [4.78, 5) is 12.6. The standard InChI is InChI=1S/C21H20N2O4S/c1-2-28(25,26)23-17-14-12-16(13-15-17)21(24)22-19-10-6-7-11-20(19)27-18-8-4-3-5-9-18/h3-15,23H,2H2,1H3,(H,22,24). The van der Waals surface area contributed by atoms with Crippen molar-refractivity contribution >= 4 is 27.3 Å². The first-order chi connectivity index (χ1) is 13.5. The predicted octanol–water partition coefficient (Wildman–Crippen LogP) is 4.49. The highest BCUT2D eigenvalue weighted by Gasteiger charge is 2.12. The zero-order chi connectivity index (χ0) is 20.0. The minimum absolute atomic E-state index is 0.0204. The minimum Gasteiger partial charge on any atom is -0.455 e. The van der Waals surface area contributed by atoms with E-state index in [0.29, 0.717) is 28.4 Å². The molecule has 3 aromatic rings. The van der Waals surface area contributed by atoms with Crippen molar-refractivity contribution in [2.75, 3.05) is 15.8 Å². The van der Waals surface area contributed by atoms with Gasteiger partial charge in [0.05, 0.1) is 11.4 Å². The molecule has 1 amide bonds. The Morgan fingerprint density at radius 1 is 0.893 bits per heavy atom. The molecule has 7 heteroatoms. The van der Waals surface area contributed by atoms with Gasteiger partial charge in [0.1, 0.15) is 5.75 Å². The first-order valence-corrected chi connectivity index (χ1v) is 10.4. The van der Waals surface area contributed by atoms with Crippen LogP contribution in [0.4, 0.5) is 11.4 Å². The number of sulfonamides is 1. The van der Waals surface area contributed by atoms with Crippen molar-refractivity contribution in [3.63, 3.8) is 0 Å². The van der Waals surface area contributed by atoms with Gasteiger partial charge in [-0.15, -0.1) is 0 Å². The largest absolute Gasteiger partial charge is 0.455 e. The monoisotopic (exact) mass is 396 g/mol. The molecule has 3 rings (SSSR count). The number of carbonyl (C=O) groups excluding carboxylic acids is 1. The smallest absolute Gasteiger partial charge is 0.255 e. The average molecular weight is 396 g/mol. The normalized spacial score (nSPS) is 10.9. The molecule has 0 aromatic heterocycles. The molecule has 0 aliphatic rings. The maximum Gasteiger partial charge on any atom is 0.255 e. The van der Waals surface area contributed by atoms with Crippen molar-refractivity contribution in [1.82, 2.24) is 0 Å². The topological polar surface area (TPSA) is 84.5 Å². The lowest BCUT2D eigenvalue weighted by molar-refractivity contribution is 0.102. The van der Waals surface area contributed by atoms with Crippen LogP contribution in [0, 0.1) is 0 Å². The van der Waals surface area contributed by atoms with Gasteiger partial charge in [-0.25, -0.2) is 8.42 Å². The fourth-order valence-corrected chi connectivity index (χ4v) is 3.05. The van der Waals surface area contributed by atoms with Crippen molar-refractivity contribution in [3.8, 4) is 11.5 Å². The Hall–Kier alpha value is -3.32. The van der Waals surface area contributed by atoms with E-state index in [9.17, 15) is 13.2 Å². The molecule has 0 aliphatic carbocycles. The van der Waals surface area contributed by atoms with Crippen LogP contribution in [0.5, 0.6) is 11.5 Å². The van der Waals surface area contributed by atoms with E-state index >= 15 is 0 Å². The third-order valence-corrected chi connectivity index (χ3v) is 5.21. The number of ether oxygens (including phenoxy) is 1. The summed E-state index contributed by atoms with van der Waals surface area (Å²) in [6.07, 6.45) is 0. The molecule has 0 radical (unpaired) electrons. The summed E-state index contributed by atoms with van der Waals surface area (Å²) in [5.41, 5.74) is 1.34. The van der Waals surface area contributed by atoms with Gasteiger partial charge in [-0.05, 0) is 55.5 Å². The predicted molar refractivity (Wildman–Crippen MR) is 110 cm³/mol. The van der Waals surface area contributed by atoms with Crippen LogP contribution in [0.2, 0.25) is 0 Å². The number of hydrogen-bond donors (Lipinski definition) is 2. The van der Waals surface area contributed by atoms with Gasteiger partial charge in [0.25, 0.3) is 5.91 Å². The first-order valence-electron chi connectivity index (χ1n) is 8.71. The molecule has 0 bridgehead atoms. The molecule has 28 heavy (non-hydrogen) atoms. The van der Waals surface area contributed by atoms with Crippen LogP contribution >= 0.6 is 0 Å². The maximum absolute atomic E-state index is 12.6. The average Bonchev–Trinajstić information content (AvgIpc) is 2.70. The number of carbonyl (C=O) groups is 1. The summed E-state index contributed by atoms with van der Waals surface area (Å²) in [6, 6.07) is 22.6. The zero-order valence-electron chi connectivity index (χ0n) is 15.3. The molecular formula is C21H20N2O4S. The number of benzene rings is 3. The van der Waals surface area contributed by atoms with Gasteiger partial charge in [0, 0.05) is 11.3 Å². The Kier molecular flexibility index (Phi) is 5.96. The summed E-state index contributed by atoms with van der Waals surface area (Å²) in [6.45, 7) is 1.55. The van der Waals surface area contributed by atoms with Gasteiger partial charge in [-0.2, -0.15) is 0 Å². The summed E-state index contributed by atoms with van der Waals surface area (Å²) < 4.78 is 31.5. The third kappa shape index (κ3) is 5.11. The Morgan fingerprint density at radius 3 is 2.21 bits per heavy atom. The van der Waals surface area contributed by atoms with Crippen LogP contribution in [-0.2, 0) is 10.0 Å². The summed E-state index contributed by atoms with van der Waals surface area (Å²) in [5, 5.41) is 2.82. The summed E-state index contributed by atoms with van der Waals surface area (Å²) in [5.74, 6) is 0.841. The van der Waals surface area contributed by atoms with Gasteiger partial charge < -0.3 is 10.1 Å². The van der Waals surface area contributed by atoms with Crippen LogP contribution in [0.3, 0.4) is 0 Å². The van der Waals surface area contributed by atoms with Crippen LogP contribution in [0.25, 0.3) is 0 Å². The van der Waals surface area contributed by atoms with Crippen LogP contribution in [-0.4, -0.2) is 20.1 Å². The molecule has 0 atom stereocenters. The van der Waals surface area contributed by atoms with Gasteiger partial charge in [0.2, 0.25) is 10.0 Å². The van der Waals surface area contributed by atoms with Crippen molar-refractivity contribution in [2.24, 2.45) is 0 Å². The van der Waals surface area contributed by atoms with Crippen LogP contribution in [0.1, 0.15) is 17.3 Å². The molecule has 0 fully saturated rings. The Balaban J connectivity index is 1.73. The molecule has 0 saturated heterocycles. The Bertz CT molecular complexity index is 1050. The molecule has 3 aromatic carbocycles.